The van der Waals surface area contributed by atoms with Crippen molar-refractivity contribution >= 4 is 5.97 Å². The van der Waals surface area contributed by atoms with Gasteiger partial charge in [-0.2, -0.15) is 0 Å². The molecule has 122 valence electrons. The molecule has 0 bridgehead atoms. The zero-order chi connectivity index (χ0) is 15.5. The van der Waals surface area contributed by atoms with E-state index in [0.717, 1.165) is 26.1 Å². The molecule has 2 heterocycles. The Morgan fingerprint density at radius 3 is 2.81 bits per heavy atom. The minimum Gasteiger partial charge on any atom is -0.480 e. The minimum atomic E-state index is -0.846. The van der Waals surface area contributed by atoms with Gasteiger partial charge in [0.2, 0.25) is 0 Å². The van der Waals surface area contributed by atoms with E-state index in [4.69, 9.17) is 0 Å². The Kier molecular flexibility index (Phi) is 5.63. The lowest BCUT2D eigenvalue weighted by Gasteiger charge is -2.49. The van der Waals surface area contributed by atoms with Crippen LogP contribution in [-0.2, 0) is 4.79 Å². The number of nitrogens with one attached hydrogen (secondary N) is 1. The van der Waals surface area contributed by atoms with Crippen molar-refractivity contribution in [3.8, 4) is 0 Å². The molecule has 0 spiro atoms. The highest BCUT2D eigenvalue weighted by Crippen LogP contribution is 2.25. The summed E-state index contributed by atoms with van der Waals surface area (Å²) in [6.45, 7) is 10.8. The second-order valence-corrected chi connectivity index (χ2v) is 6.99. The molecule has 0 radical (unpaired) electrons. The van der Waals surface area contributed by atoms with Crippen LogP contribution in [0.1, 0.15) is 46.5 Å². The molecule has 2 aliphatic rings. The first kappa shape index (κ1) is 16.7. The standard InChI is InChI=1S/C16H31N3O2/c1-4-8-17-16(3,15(20)21)12-19-11-14-7-5-6-9-18(14)10-13(19)2/h13-14,17H,4-12H2,1-3H3,(H,20,21). The molecule has 0 aliphatic carbocycles. The summed E-state index contributed by atoms with van der Waals surface area (Å²) in [4.78, 5) is 16.7. The van der Waals surface area contributed by atoms with Gasteiger partial charge in [0.25, 0.3) is 0 Å². The van der Waals surface area contributed by atoms with Crippen LogP contribution in [0.15, 0.2) is 0 Å². The van der Waals surface area contributed by atoms with Crippen molar-refractivity contribution in [2.75, 3.05) is 32.7 Å². The van der Waals surface area contributed by atoms with E-state index in [2.05, 4.69) is 29.0 Å². The fourth-order valence-electron chi connectivity index (χ4n) is 3.64. The molecule has 5 nitrogen and oxygen atoms in total. The average molecular weight is 297 g/mol. The van der Waals surface area contributed by atoms with E-state index in [0.29, 0.717) is 18.6 Å². The fourth-order valence-corrected chi connectivity index (χ4v) is 3.64. The molecule has 0 aromatic carbocycles. The number of piperazine rings is 1. The number of carboxylic acid groups (broad SMARTS) is 1. The van der Waals surface area contributed by atoms with Crippen LogP contribution in [0.2, 0.25) is 0 Å². The summed E-state index contributed by atoms with van der Waals surface area (Å²) in [5.74, 6) is -0.741. The van der Waals surface area contributed by atoms with Crippen LogP contribution in [0, 0.1) is 0 Å². The Bertz CT molecular complexity index is 363. The summed E-state index contributed by atoms with van der Waals surface area (Å²) in [6, 6.07) is 1.06. The van der Waals surface area contributed by atoms with Gasteiger partial charge in [-0.1, -0.05) is 13.3 Å². The molecule has 0 saturated carbocycles. The van der Waals surface area contributed by atoms with E-state index in [1.54, 1.807) is 0 Å². The van der Waals surface area contributed by atoms with Crippen molar-refractivity contribution in [3.05, 3.63) is 0 Å². The first-order valence-corrected chi connectivity index (χ1v) is 8.43. The third kappa shape index (κ3) is 3.96. The molecule has 2 saturated heterocycles. The van der Waals surface area contributed by atoms with Gasteiger partial charge in [-0.3, -0.25) is 14.6 Å². The zero-order valence-electron chi connectivity index (χ0n) is 13.8. The van der Waals surface area contributed by atoms with Gasteiger partial charge in [0.15, 0.2) is 0 Å². The van der Waals surface area contributed by atoms with E-state index in [-0.39, 0.29) is 0 Å². The van der Waals surface area contributed by atoms with Gasteiger partial charge in [0, 0.05) is 31.7 Å². The zero-order valence-corrected chi connectivity index (χ0v) is 13.8. The molecule has 5 heteroatoms. The molecule has 0 aromatic rings. The summed E-state index contributed by atoms with van der Waals surface area (Å²) in [7, 11) is 0. The number of carbonyl (C=O) groups is 1. The molecule has 0 amide bonds. The first-order valence-electron chi connectivity index (χ1n) is 8.43. The second-order valence-electron chi connectivity index (χ2n) is 6.99. The monoisotopic (exact) mass is 297 g/mol. The third-order valence-electron chi connectivity index (χ3n) is 5.07. The number of carboxylic acids is 1. The number of hydrogen-bond acceptors (Lipinski definition) is 4. The van der Waals surface area contributed by atoms with E-state index in [1.807, 2.05) is 6.92 Å². The number of hydrogen-bond donors (Lipinski definition) is 2. The van der Waals surface area contributed by atoms with E-state index in [9.17, 15) is 9.90 Å². The summed E-state index contributed by atoms with van der Waals surface area (Å²) in [5.41, 5.74) is -0.846. The number of fused-ring (bicyclic) bond motifs is 1. The molecule has 0 aromatic heterocycles. The normalized spacial score (nSPS) is 30.6. The third-order valence-corrected chi connectivity index (χ3v) is 5.07. The maximum atomic E-state index is 11.7. The smallest absolute Gasteiger partial charge is 0.324 e. The second kappa shape index (κ2) is 7.07. The predicted octanol–water partition coefficient (Wildman–Crippen LogP) is 1.39. The molecule has 3 atom stereocenters. The fraction of sp³-hybridized carbons (Fsp3) is 0.938. The van der Waals surface area contributed by atoms with E-state index >= 15 is 0 Å². The van der Waals surface area contributed by atoms with Crippen molar-refractivity contribution in [3.63, 3.8) is 0 Å². The molecular formula is C16H31N3O2. The number of piperidine rings is 1. The molecule has 2 fully saturated rings. The van der Waals surface area contributed by atoms with Crippen LogP contribution in [0.5, 0.6) is 0 Å². The summed E-state index contributed by atoms with van der Waals surface area (Å²) >= 11 is 0. The van der Waals surface area contributed by atoms with Crippen LogP contribution in [0.3, 0.4) is 0 Å². The van der Waals surface area contributed by atoms with Gasteiger partial charge < -0.3 is 10.4 Å². The van der Waals surface area contributed by atoms with Crippen molar-refractivity contribution in [2.24, 2.45) is 0 Å². The van der Waals surface area contributed by atoms with Crippen LogP contribution in [0.25, 0.3) is 0 Å². The number of nitrogens with zero attached hydrogens (tertiary/aromatic N) is 2. The lowest BCUT2D eigenvalue weighted by molar-refractivity contribution is -0.146. The summed E-state index contributed by atoms with van der Waals surface area (Å²) in [5, 5.41) is 12.8. The highest BCUT2D eigenvalue weighted by molar-refractivity contribution is 5.78. The molecular weight excluding hydrogens is 266 g/mol. The minimum absolute atomic E-state index is 0.432. The highest BCUT2D eigenvalue weighted by atomic mass is 16.4. The molecule has 2 aliphatic heterocycles. The van der Waals surface area contributed by atoms with Crippen LogP contribution in [0.4, 0.5) is 0 Å². The van der Waals surface area contributed by atoms with Crippen LogP contribution >= 0.6 is 0 Å². The number of rotatable bonds is 6. The summed E-state index contributed by atoms with van der Waals surface area (Å²) in [6.07, 6.45) is 4.84. The maximum absolute atomic E-state index is 11.7. The quantitative estimate of drug-likeness (QED) is 0.776. The topological polar surface area (TPSA) is 55.8 Å². The lowest BCUT2D eigenvalue weighted by Crippen LogP contribution is -2.64. The Morgan fingerprint density at radius 2 is 2.14 bits per heavy atom. The van der Waals surface area contributed by atoms with Gasteiger partial charge in [-0.05, 0) is 46.2 Å². The van der Waals surface area contributed by atoms with Crippen molar-refractivity contribution in [1.29, 1.82) is 0 Å². The average Bonchev–Trinajstić information content (AvgIpc) is 2.46. The van der Waals surface area contributed by atoms with Gasteiger partial charge in [0.1, 0.15) is 5.54 Å². The highest BCUT2D eigenvalue weighted by Gasteiger charge is 2.39. The predicted molar refractivity (Wildman–Crippen MR) is 84.6 cm³/mol. The van der Waals surface area contributed by atoms with Crippen molar-refractivity contribution in [1.82, 2.24) is 15.1 Å². The van der Waals surface area contributed by atoms with Gasteiger partial charge >= 0.3 is 5.97 Å². The van der Waals surface area contributed by atoms with E-state index in [1.165, 1.54) is 25.8 Å². The summed E-state index contributed by atoms with van der Waals surface area (Å²) < 4.78 is 0. The largest absolute Gasteiger partial charge is 0.480 e. The Labute approximate surface area is 128 Å². The van der Waals surface area contributed by atoms with Crippen LogP contribution < -0.4 is 5.32 Å². The van der Waals surface area contributed by atoms with Gasteiger partial charge in [-0.15, -0.1) is 0 Å². The van der Waals surface area contributed by atoms with Crippen molar-refractivity contribution in [2.45, 2.75) is 64.1 Å². The molecule has 21 heavy (non-hydrogen) atoms. The lowest BCUT2D eigenvalue weighted by atomic mass is 9.94. The SMILES string of the molecule is CCCNC(C)(CN1CC2CCCCN2CC1C)C(=O)O. The molecule has 2 rings (SSSR count). The molecule has 2 N–H and O–H groups in total. The maximum Gasteiger partial charge on any atom is 0.324 e. The van der Waals surface area contributed by atoms with Gasteiger partial charge in [0.05, 0.1) is 0 Å². The van der Waals surface area contributed by atoms with Gasteiger partial charge in [-0.25, -0.2) is 0 Å². The van der Waals surface area contributed by atoms with Crippen molar-refractivity contribution < 1.29 is 9.90 Å². The van der Waals surface area contributed by atoms with E-state index < -0.39 is 11.5 Å². The first-order chi connectivity index (χ1) is 9.96. The number of aliphatic carboxylic acids is 1. The Morgan fingerprint density at radius 1 is 1.38 bits per heavy atom. The Balaban J connectivity index is 2.00. The Hall–Kier alpha value is -0.650. The van der Waals surface area contributed by atoms with Crippen LogP contribution in [-0.4, -0.2) is 71.2 Å². The molecule has 3 unspecified atom stereocenters.